The lowest BCUT2D eigenvalue weighted by Gasteiger charge is -2.32. The second kappa shape index (κ2) is 4.74. The van der Waals surface area contributed by atoms with Gasteiger partial charge in [-0.1, -0.05) is 19.1 Å². The van der Waals surface area contributed by atoms with Gasteiger partial charge in [-0.25, -0.2) is 0 Å². The summed E-state index contributed by atoms with van der Waals surface area (Å²) in [5.74, 6) is 0.198. The highest BCUT2D eigenvalue weighted by Gasteiger charge is 2.35. The van der Waals surface area contributed by atoms with Gasteiger partial charge in [-0.2, -0.15) is 0 Å². The first kappa shape index (κ1) is 11.4. The van der Waals surface area contributed by atoms with Gasteiger partial charge < -0.3 is 4.74 Å². The van der Waals surface area contributed by atoms with Crippen LogP contribution in [-0.2, 0) is 9.53 Å². The van der Waals surface area contributed by atoms with Crippen LogP contribution < -0.4 is 0 Å². The largest absolute Gasteiger partial charge is 0.367 e. The average molecular weight is 196 g/mol. The molecule has 2 heteroatoms. The summed E-state index contributed by atoms with van der Waals surface area (Å²) in [7, 11) is 0. The van der Waals surface area contributed by atoms with E-state index in [4.69, 9.17) is 4.74 Å². The smallest absolute Gasteiger partial charge is 0.168 e. The van der Waals surface area contributed by atoms with Gasteiger partial charge >= 0.3 is 0 Å². The molecule has 80 valence electrons. The lowest BCUT2D eigenvalue weighted by Crippen LogP contribution is -2.41. The Morgan fingerprint density at radius 1 is 1.50 bits per heavy atom. The topological polar surface area (TPSA) is 26.3 Å². The van der Waals surface area contributed by atoms with Gasteiger partial charge in [0.15, 0.2) is 5.78 Å². The zero-order chi connectivity index (χ0) is 10.6. The minimum atomic E-state index is -0.531. The van der Waals surface area contributed by atoms with E-state index in [2.05, 4.69) is 6.58 Å². The summed E-state index contributed by atoms with van der Waals surface area (Å²) in [6.45, 7) is 8.53. The molecule has 1 aliphatic heterocycles. The van der Waals surface area contributed by atoms with Crippen molar-refractivity contribution in [3.05, 3.63) is 12.2 Å². The molecule has 1 atom stereocenters. The van der Waals surface area contributed by atoms with Crippen molar-refractivity contribution in [3.8, 4) is 0 Å². The number of hydrogen-bond donors (Lipinski definition) is 0. The molecular formula is C12H20O2. The van der Waals surface area contributed by atoms with E-state index in [0.717, 1.165) is 37.9 Å². The molecular weight excluding hydrogens is 176 g/mol. The number of allylic oxidation sites excluding steroid dienone is 1. The third-order valence-electron chi connectivity index (χ3n) is 2.97. The number of carbonyl (C=O) groups excluding carboxylic acids is 1. The summed E-state index contributed by atoms with van der Waals surface area (Å²) in [5.41, 5.74) is 0.474. The summed E-state index contributed by atoms with van der Waals surface area (Å²) >= 11 is 0. The molecule has 0 radical (unpaired) electrons. The van der Waals surface area contributed by atoms with E-state index in [1.165, 1.54) is 0 Å². The molecule has 2 nitrogen and oxygen atoms in total. The molecule has 0 aliphatic carbocycles. The third-order valence-corrected chi connectivity index (χ3v) is 2.97. The fraction of sp³-hybridized carbons (Fsp3) is 0.750. The standard InChI is InChI=1S/C12H20O2/c1-4-10(2)9-11(13)12(3)7-5-6-8-14-12/h2,4-9H2,1,3H3. The zero-order valence-corrected chi connectivity index (χ0v) is 9.27. The molecule has 0 bridgehead atoms. The molecule has 1 fully saturated rings. The van der Waals surface area contributed by atoms with E-state index in [-0.39, 0.29) is 5.78 Å². The van der Waals surface area contributed by atoms with Crippen molar-refractivity contribution in [1.82, 2.24) is 0 Å². The van der Waals surface area contributed by atoms with Crippen LogP contribution in [0.5, 0.6) is 0 Å². The summed E-state index contributed by atoms with van der Waals surface area (Å²) < 4.78 is 5.58. The molecule has 1 unspecified atom stereocenters. The molecule has 14 heavy (non-hydrogen) atoms. The second-order valence-electron chi connectivity index (χ2n) is 4.24. The summed E-state index contributed by atoms with van der Waals surface area (Å²) in [5, 5.41) is 0. The van der Waals surface area contributed by atoms with Crippen molar-refractivity contribution in [3.63, 3.8) is 0 Å². The maximum atomic E-state index is 11.9. The number of ether oxygens (including phenoxy) is 1. The van der Waals surface area contributed by atoms with Crippen LogP contribution in [0.2, 0.25) is 0 Å². The molecule has 0 amide bonds. The van der Waals surface area contributed by atoms with Gasteiger partial charge in [0.1, 0.15) is 5.60 Å². The first-order valence-electron chi connectivity index (χ1n) is 5.42. The fourth-order valence-electron chi connectivity index (χ4n) is 1.69. The van der Waals surface area contributed by atoms with Crippen LogP contribution in [0.4, 0.5) is 0 Å². The lowest BCUT2D eigenvalue weighted by atomic mass is 9.88. The molecule has 0 N–H and O–H groups in total. The normalized spacial score (nSPS) is 27.3. The van der Waals surface area contributed by atoms with Crippen molar-refractivity contribution >= 4 is 5.78 Å². The lowest BCUT2D eigenvalue weighted by molar-refractivity contribution is -0.147. The van der Waals surface area contributed by atoms with Crippen LogP contribution in [0.25, 0.3) is 0 Å². The second-order valence-corrected chi connectivity index (χ2v) is 4.24. The van der Waals surface area contributed by atoms with Gasteiger partial charge in [0.2, 0.25) is 0 Å². The third kappa shape index (κ3) is 2.68. The first-order valence-corrected chi connectivity index (χ1v) is 5.42. The number of ketones is 1. The predicted octanol–water partition coefficient (Wildman–Crippen LogP) is 2.87. The van der Waals surface area contributed by atoms with E-state index in [9.17, 15) is 4.79 Å². The van der Waals surface area contributed by atoms with Crippen molar-refractivity contribution in [1.29, 1.82) is 0 Å². The van der Waals surface area contributed by atoms with Crippen LogP contribution in [0.3, 0.4) is 0 Å². The van der Waals surface area contributed by atoms with Gasteiger partial charge in [-0.3, -0.25) is 4.79 Å². The number of hydrogen-bond acceptors (Lipinski definition) is 2. The molecule has 0 aromatic rings. The number of carbonyl (C=O) groups is 1. The monoisotopic (exact) mass is 196 g/mol. The van der Waals surface area contributed by atoms with Gasteiger partial charge in [-0.05, 0) is 32.6 Å². The van der Waals surface area contributed by atoms with Gasteiger partial charge in [0, 0.05) is 13.0 Å². The molecule has 1 heterocycles. The highest BCUT2D eigenvalue weighted by molar-refractivity contribution is 5.88. The molecule has 1 aliphatic rings. The maximum absolute atomic E-state index is 11.9. The highest BCUT2D eigenvalue weighted by atomic mass is 16.5. The number of Topliss-reactive ketones (excluding diaryl/α,β-unsaturated/α-hetero) is 1. The summed E-state index contributed by atoms with van der Waals surface area (Å²) in [6, 6.07) is 0. The minimum Gasteiger partial charge on any atom is -0.367 e. The Morgan fingerprint density at radius 2 is 2.21 bits per heavy atom. The quantitative estimate of drug-likeness (QED) is 0.646. The first-order chi connectivity index (χ1) is 6.58. The van der Waals surface area contributed by atoms with E-state index in [1.54, 1.807) is 0 Å². The summed E-state index contributed by atoms with van der Waals surface area (Å²) in [4.78, 5) is 11.9. The summed E-state index contributed by atoms with van der Waals surface area (Å²) in [6.07, 6.45) is 4.40. The van der Waals surface area contributed by atoms with E-state index in [0.29, 0.717) is 6.42 Å². The zero-order valence-electron chi connectivity index (χ0n) is 9.27. The Bertz CT molecular complexity index is 224. The van der Waals surface area contributed by atoms with Gasteiger partial charge in [-0.15, -0.1) is 0 Å². The maximum Gasteiger partial charge on any atom is 0.168 e. The molecule has 0 spiro atoms. The van der Waals surface area contributed by atoms with Gasteiger partial charge in [0.25, 0.3) is 0 Å². The molecule has 0 aromatic heterocycles. The van der Waals surface area contributed by atoms with Crippen molar-refractivity contribution < 1.29 is 9.53 Å². The Kier molecular flexibility index (Phi) is 3.87. The van der Waals surface area contributed by atoms with Crippen molar-refractivity contribution in [2.24, 2.45) is 0 Å². The minimum absolute atomic E-state index is 0.198. The Balaban J connectivity index is 2.53. The van der Waals surface area contributed by atoms with E-state index in [1.807, 2.05) is 13.8 Å². The average Bonchev–Trinajstić information content (AvgIpc) is 2.18. The van der Waals surface area contributed by atoms with Crippen LogP contribution in [0.15, 0.2) is 12.2 Å². The Labute approximate surface area is 86.3 Å². The van der Waals surface area contributed by atoms with Gasteiger partial charge in [0.05, 0.1) is 0 Å². The highest BCUT2D eigenvalue weighted by Crippen LogP contribution is 2.27. The molecule has 1 saturated heterocycles. The molecule has 1 rings (SSSR count). The Morgan fingerprint density at radius 3 is 2.71 bits per heavy atom. The van der Waals surface area contributed by atoms with Crippen molar-refractivity contribution in [2.45, 2.75) is 51.6 Å². The van der Waals surface area contributed by atoms with Crippen LogP contribution in [-0.4, -0.2) is 18.0 Å². The van der Waals surface area contributed by atoms with Crippen LogP contribution in [0, 0.1) is 0 Å². The van der Waals surface area contributed by atoms with E-state index >= 15 is 0 Å². The fourth-order valence-corrected chi connectivity index (χ4v) is 1.69. The molecule has 0 saturated carbocycles. The Hall–Kier alpha value is -0.630. The predicted molar refractivity (Wildman–Crippen MR) is 57.3 cm³/mol. The molecule has 0 aromatic carbocycles. The SMILES string of the molecule is C=C(CC)CC(=O)C1(C)CCCCO1. The number of rotatable bonds is 4. The van der Waals surface area contributed by atoms with Crippen LogP contribution in [0.1, 0.15) is 46.0 Å². The van der Waals surface area contributed by atoms with Crippen molar-refractivity contribution in [2.75, 3.05) is 6.61 Å². The van der Waals surface area contributed by atoms with Crippen LogP contribution >= 0.6 is 0 Å². The van der Waals surface area contributed by atoms with E-state index < -0.39 is 5.60 Å².